The maximum Gasteiger partial charge on any atom is 0.341 e. The molecule has 0 aliphatic heterocycles. The van der Waals surface area contributed by atoms with Gasteiger partial charge in [-0.1, -0.05) is 0 Å². The van der Waals surface area contributed by atoms with Gasteiger partial charge in [-0.05, 0) is 38.1 Å². The molecule has 0 fully saturated rings. The Morgan fingerprint density at radius 1 is 1.20 bits per heavy atom. The minimum Gasteiger partial charge on any atom is -0.462 e. The third kappa shape index (κ3) is 3.40. The zero-order chi connectivity index (χ0) is 18.0. The SMILES string of the molecule is CCOC(=O)c1cnc2nc(C)ccc2c1Nc1ccc(F)c(F)c1. The highest BCUT2D eigenvalue weighted by Gasteiger charge is 2.18. The van der Waals surface area contributed by atoms with Crippen LogP contribution in [0.1, 0.15) is 23.0 Å². The standard InChI is InChI=1S/C18H15F2N3O2/c1-3-25-18(24)13-9-21-17-12(6-4-10(2)22-17)16(13)23-11-5-7-14(19)15(20)8-11/h4-9H,3H2,1-2H3,(H,21,22,23). The molecular formula is C18H15F2N3O2. The van der Waals surface area contributed by atoms with Crippen LogP contribution in [0, 0.1) is 18.6 Å². The molecule has 0 radical (unpaired) electrons. The van der Waals surface area contributed by atoms with E-state index in [1.165, 1.54) is 12.3 Å². The molecule has 0 amide bonds. The van der Waals surface area contributed by atoms with Crippen LogP contribution in [0.15, 0.2) is 36.5 Å². The lowest BCUT2D eigenvalue weighted by atomic mass is 10.1. The highest BCUT2D eigenvalue weighted by molar-refractivity contribution is 6.05. The van der Waals surface area contributed by atoms with E-state index in [4.69, 9.17) is 4.74 Å². The Bertz CT molecular complexity index is 960. The maximum atomic E-state index is 13.5. The fraction of sp³-hybridized carbons (Fsp3) is 0.167. The summed E-state index contributed by atoms with van der Waals surface area (Å²) in [5.74, 6) is -2.51. The van der Waals surface area contributed by atoms with Gasteiger partial charge in [0, 0.05) is 29.0 Å². The van der Waals surface area contributed by atoms with Crippen LogP contribution in [0.4, 0.5) is 20.2 Å². The van der Waals surface area contributed by atoms with Gasteiger partial charge in [-0.25, -0.2) is 23.5 Å². The third-order valence-electron chi connectivity index (χ3n) is 3.55. The molecule has 0 unspecified atom stereocenters. The summed E-state index contributed by atoms with van der Waals surface area (Å²) in [5.41, 5.74) is 2.05. The van der Waals surface area contributed by atoms with Gasteiger partial charge in [0.25, 0.3) is 0 Å². The number of halogens is 2. The number of carbonyl (C=O) groups is 1. The number of nitrogens with zero attached hydrogens (tertiary/aromatic N) is 2. The maximum absolute atomic E-state index is 13.5. The molecule has 0 spiro atoms. The summed E-state index contributed by atoms with van der Waals surface area (Å²) in [7, 11) is 0. The van der Waals surface area contributed by atoms with Gasteiger partial charge < -0.3 is 10.1 Å². The Balaban J connectivity index is 2.15. The summed E-state index contributed by atoms with van der Waals surface area (Å²) < 4.78 is 31.7. The van der Waals surface area contributed by atoms with Gasteiger partial charge in [-0.2, -0.15) is 0 Å². The first-order chi connectivity index (χ1) is 12.0. The van der Waals surface area contributed by atoms with Crippen molar-refractivity contribution < 1.29 is 18.3 Å². The predicted molar refractivity (Wildman–Crippen MR) is 89.9 cm³/mol. The summed E-state index contributed by atoms with van der Waals surface area (Å²) in [6, 6.07) is 6.93. The van der Waals surface area contributed by atoms with Crippen LogP contribution in [-0.4, -0.2) is 22.5 Å². The van der Waals surface area contributed by atoms with Crippen molar-refractivity contribution in [3.8, 4) is 0 Å². The molecule has 0 atom stereocenters. The number of carbonyl (C=O) groups excluding carboxylic acids is 1. The van der Waals surface area contributed by atoms with Gasteiger partial charge in [0.2, 0.25) is 0 Å². The Kier molecular flexibility index (Phi) is 4.56. The number of esters is 1. The molecule has 25 heavy (non-hydrogen) atoms. The van der Waals surface area contributed by atoms with E-state index in [0.717, 1.165) is 17.8 Å². The first kappa shape index (κ1) is 16.8. The number of anilines is 2. The first-order valence-electron chi connectivity index (χ1n) is 7.65. The first-order valence-corrected chi connectivity index (χ1v) is 7.65. The smallest absolute Gasteiger partial charge is 0.341 e. The molecule has 5 nitrogen and oxygen atoms in total. The number of ether oxygens (including phenoxy) is 1. The van der Waals surface area contributed by atoms with Crippen LogP contribution >= 0.6 is 0 Å². The van der Waals surface area contributed by atoms with E-state index < -0.39 is 17.6 Å². The van der Waals surface area contributed by atoms with Gasteiger partial charge >= 0.3 is 5.97 Å². The lowest BCUT2D eigenvalue weighted by Gasteiger charge is -2.14. The van der Waals surface area contributed by atoms with Crippen LogP contribution < -0.4 is 5.32 Å². The molecule has 0 saturated carbocycles. The number of hydrogen-bond acceptors (Lipinski definition) is 5. The number of aromatic nitrogens is 2. The predicted octanol–water partition coefficient (Wildman–Crippen LogP) is 4.14. The van der Waals surface area contributed by atoms with E-state index in [2.05, 4.69) is 15.3 Å². The van der Waals surface area contributed by atoms with Crippen LogP contribution in [0.5, 0.6) is 0 Å². The lowest BCUT2D eigenvalue weighted by Crippen LogP contribution is -2.10. The van der Waals surface area contributed by atoms with Crippen LogP contribution in [0.25, 0.3) is 11.0 Å². The number of aryl methyl sites for hydroxylation is 1. The monoisotopic (exact) mass is 343 g/mol. The molecule has 2 heterocycles. The molecule has 2 aromatic heterocycles. The van der Waals surface area contributed by atoms with Crippen LogP contribution in [0.2, 0.25) is 0 Å². The molecule has 128 valence electrons. The number of benzene rings is 1. The second-order valence-corrected chi connectivity index (χ2v) is 5.35. The van der Waals surface area contributed by atoms with E-state index >= 15 is 0 Å². The fourth-order valence-electron chi connectivity index (χ4n) is 2.39. The van der Waals surface area contributed by atoms with Gasteiger partial charge in [-0.3, -0.25) is 0 Å². The highest BCUT2D eigenvalue weighted by atomic mass is 19.2. The molecule has 1 aromatic carbocycles. The van der Waals surface area contributed by atoms with E-state index in [9.17, 15) is 13.6 Å². The summed E-state index contributed by atoms with van der Waals surface area (Å²) in [6.45, 7) is 3.72. The summed E-state index contributed by atoms with van der Waals surface area (Å²) in [5, 5.41) is 3.53. The van der Waals surface area contributed by atoms with Gasteiger partial charge in [0.15, 0.2) is 17.3 Å². The van der Waals surface area contributed by atoms with Crippen molar-refractivity contribution >= 4 is 28.4 Å². The summed E-state index contributed by atoms with van der Waals surface area (Å²) in [4.78, 5) is 20.7. The molecule has 0 bridgehead atoms. The zero-order valence-corrected chi connectivity index (χ0v) is 13.6. The van der Waals surface area contributed by atoms with Crippen molar-refractivity contribution in [3.63, 3.8) is 0 Å². The van der Waals surface area contributed by atoms with Gasteiger partial charge in [0.1, 0.15) is 5.56 Å². The molecular weight excluding hydrogens is 328 g/mol. The topological polar surface area (TPSA) is 64.1 Å². The summed E-state index contributed by atoms with van der Waals surface area (Å²) in [6.07, 6.45) is 1.36. The van der Waals surface area contributed by atoms with Crippen molar-refractivity contribution in [2.45, 2.75) is 13.8 Å². The van der Waals surface area contributed by atoms with Gasteiger partial charge in [0.05, 0.1) is 12.3 Å². The fourth-order valence-corrected chi connectivity index (χ4v) is 2.39. The summed E-state index contributed by atoms with van der Waals surface area (Å²) >= 11 is 0. The van der Waals surface area contributed by atoms with Crippen molar-refractivity contribution in [1.29, 1.82) is 0 Å². The molecule has 0 aliphatic carbocycles. The molecule has 3 rings (SSSR count). The minimum absolute atomic E-state index is 0.185. The lowest BCUT2D eigenvalue weighted by molar-refractivity contribution is 0.0527. The average Bonchev–Trinajstić information content (AvgIpc) is 2.58. The van der Waals surface area contributed by atoms with Crippen molar-refractivity contribution in [3.05, 3.63) is 59.4 Å². The zero-order valence-electron chi connectivity index (χ0n) is 13.6. The highest BCUT2D eigenvalue weighted by Crippen LogP contribution is 2.29. The second-order valence-electron chi connectivity index (χ2n) is 5.35. The minimum atomic E-state index is -0.991. The quantitative estimate of drug-likeness (QED) is 0.722. The van der Waals surface area contributed by atoms with E-state index in [1.807, 2.05) is 6.92 Å². The number of hydrogen-bond donors (Lipinski definition) is 1. The number of rotatable bonds is 4. The Labute approximate surface area is 142 Å². The molecule has 0 saturated heterocycles. The van der Waals surface area contributed by atoms with Crippen molar-refractivity contribution in [2.75, 3.05) is 11.9 Å². The molecule has 0 aliphatic rings. The van der Waals surface area contributed by atoms with E-state index in [1.54, 1.807) is 19.1 Å². The van der Waals surface area contributed by atoms with E-state index in [0.29, 0.717) is 16.7 Å². The normalized spacial score (nSPS) is 10.7. The van der Waals surface area contributed by atoms with Crippen LogP contribution in [0.3, 0.4) is 0 Å². The van der Waals surface area contributed by atoms with Gasteiger partial charge in [-0.15, -0.1) is 0 Å². The number of nitrogens with one attached hydrogen (secondary N) is 1. The van der Waals surface area contributed by atoms with Crippen molar-refractivity contribution in [2.24, 2.45) is 0 Å². The molecule has 7 heteroatoms. The largest absolute Gasteiger partial charge is 0.462 e. The Hall–Kier alpha value is -3.09. The average molecular weight is 343 g/mol. The van der Waals surface area contributed by atoms with Crippen LogP contribution in [-0.2, 0) is 4.74 Å². The Morgan fingerprint density at radius 2 is 2.00 bits per heavy atom. The number of pyridine rings is 2. The molecule has 3 aromatic rings. The van der Waals surface area contributed by atoms with Crippen molar-refractivity contribution in [1.82, 2.24) is 9.97 Å². The Morgan fingerprint density at radius 3 is 2.72 bits per heavy atom. The van der Waals surface area contributed by atoms with E-state index in [-0.39, 0.29) is 17.9 Å². The molecule has 1 N–H and O–H groups in total. The number of fused-ring (bicyclic) bond motifs is 1. The third-order valence-corrected chi connectivity index (χ3v) is 3.55. The second kappa shape index (κ2) is 6.80.